The molecule has 2 aromatic heterocycles. The average molecular weight is 643 g/mol. The molecule has 0 amide bonds. The number of benzene rings is 3. The van der Waals surface area contributed by atoms with Gasteiger partial charge in [-0.2, -0.15) is 0 Å². The molecule has 0 saturated heterocycles. The summed E-state index contributed by atoms with van der Waals surface area (Å²) in [4.78, 5) is 37.8. The fourth-order valence-electron chi connectivity index (χ4n) is 4.44. The molecule has 2 heterocycles. The van der Waals surface area contributed by atoms with Gasteiger partial charge in [0.05, 0.1) is 14.8 Å². The van der Waals surface area contributed by atoms with Crippen LogP contribution in [0.2, 0.25) is 5.02 Å². The molecule has 0 fully saturated rings. The number of carbonyl (C=O) groups is 3. The Morgan fingerprint density at radius 1 is 0.727 bits per heavy atom. The molecular formula is C35H27ClO6S2. The summed E-state index contributed by atoms with van der Waals surface area (Å²) < 4.78 is 11.2. The number of ketones is 2. The summed E-state index contributed by atoms with van der Waals surface area (Å²) in [6.45, 7) is 2.89. The summed E-state index contributed by atoms with van der Waals surface area (Å²) in [5, 5.41) is 9.09. The third kappa shape index (κ3) is 7.52. The molecule has 1 N–H and O–H groups in total. The SMILES string of the molecule is CC(=O)c1ccc(-c2ccc(C(=CCOc3ccc(OCC(=O)O)c(Cl)c3)c3ccc(-c4ccc(C(C)=O)s4)cc3)cc2)s1. The zero-order chi connectivity index (χ0) is 31.2. The van der Waals surface area contributed by atoms with Crippen LogP contribution >= 0.6 is 34.3 Å². The lowest BCUT2D eigenvalue weighted by atomic mass is 9.95. The molecule has 0 unspecified atom stereocenters. The predicted octanol–water partition coefficient (Wildman–Crippen LogP) is 9.18. The van der Waals surface area contributed by atoms with Crippen LogP contribution in [-0.4, -0.2) is 35.9 Å². The van der Waals surface area contributed by atoms with Crippen LogP contribution in [0.15, 0.2) is 97.1 Å². The van der Waals surface area contributed by atoms with Crippen molar-refractivity contribution in [2.24, 2.45) is 0 Å². The largest absolute Gasteiger partial charge is 0.489 e. The van der Waals surface area contributed by atoms with Crippen molar-refractivity contribution in [3.05, 3.63) is 123 Å². The summed E-state index contributed by atoms with van der Waals surface area (Å²) in [5.74, 6) is -0.213. The molecule has 44 heavy (non-hydrogen) atoms. The minimum absolute atomic E-state index is 0.0512. The molecule has 0 atom stereocenters. The normalized spacial score (nSPS) is 10.7. The van der Waals surface area contributed by atoms with Crippen molar-refractivity contribution in [1.29, 1.82) is 0 Å². The maximum absolute atomic E-state index is 11.8. The highest BCUT2D eigenvalue weighted by Gasteiger charge is 2.12. The zero-order valence-electron chi connectivity index (χ0n) is 23.8. The lowest BCUT2D eigenvalue weighted by molar-refractivity contribution is -0.139. The van der Waals surface area contributed by atoms with Crippen molar-refractivity contribution in [1.82, 2.24) is 0 Å². The van der Waals surface area contributed by atoms with Crippen LogP contribution in [0.5, 0.6) is 11.5 Å². The Bertz CT molecular complexity index is 1750. The van der Waals surface area contributed by atoms with Gasteiger partial charge in [0, 0.05) is 15.8 Å². The number of rotatable bonds is 12. The first-order valence-electron chi connectivity index (χ1n) is 13.6. The number of carboxylic acid groups (broad SMARTS) is 1. The van der Waals surface area contributed by atoms with Crippen LogP contribution in [0.4, 0.5) is 0 Å². The quantitative estimate of drug-likeness (QED) is 0.137. The molecule has 0 aliphatic rings. The number of halogens is 1. The second kappa shape index (κ2) is 13.9. The van der Waals surface area contributed by atoms with Crippen molar-refractivity contribution >= 4 is 57.4 Å². The number of thiophene rings is 2. The summed E-state index contributed by atoms with van der Waals surface area (Å²) in [6, 6.07) is 28.8. The standard InChI is InChI=1S/C35H27ClO6S2/c1-21(37)31-13-15-33(43-31)25-7-3-23(4-8-25)28(17-18-41-27-11-12-30(29(36)19-27)42-20-35(39)40)24-5-9-26(10-6-24)34-16-14-32(44-34)22(2)38/h3-17,19H,18,20H2,1-2H3,(H,39,40). The second-order valence-corrected chi connectivity index (χ2v) is 12.4. The van der Waals surface area contributed by atoms with Crippen LogP contribution in [0.3, 0.4) is 0 Å². The lowest BCUT2D eigenvalue weighted by Crippen LogP contribution is -2.09. The number of carbonyl (C=O) groups excluding carboxylic acids is 2. The van der Waals surface area contributed by atoms with Gasteiger partial charge < -0.3 is 14.6 Å². The van der Waals surface area contributed by atoms with Crippen molar-refractivity contribution in [2.45, 2.75) is 13.8 Å². The number of hydrogen-bond donors (Lipinski definition) is 1. The molecule has 0 saturated carbocycles. The van der Waals surface area contributed by atoms with Crippen LogP contribution in [0, 0.1) is 0 Å². The van der Waals surface area contributed by atoms with Gasteiger partial charge in [0.2, 0.25) is 0 Å². The Morgan fingerprint density at radius 3 is 1.68 bits per heavy atom. The Morgan fingerprint density at radius 2 is 1.25 bits per heavy atom. The molecular weight excluding hydrogens is 616 g/mol. The Balaban J connectivity index is 1.41. The summed E-state index contributed by atoms with van der Waals surface area (Å²) in [5.41, 5.74) is 4.98. The number of ether oxygens (including phenoxy) is 2. The predicted molar refractivity (Wildman–Crippen MR) is 177 cm³/mol. The van der Waals surface area contributed by atoms with Crippen LogP contribution in [0.25, 0.3) is 26.5 Å². The monoisotopic (exact) mass is 642 g/mol. The van der Waals surface area contributed by atoms with E-state index >= 15 is 0 Å². The van der Waals surface area contributed by atoms with Gasteiger partial charge in [0.1, 0.15) is 18.1 Å². The van der Waals surface area contributed by atoms with Gasteiger partial charge in [-0.15, -0.1) is 22.7 Å². The van der Waals surface area contributed by atoms with Crippen LogP contribution in [-0.2, 0) is 4.79 Å². The lowest BCUT2D eigenvalue weighted by Gasteiger charge is -2.12. The van der Waals surface area contributed by atoms with Gasteiger partial charge in [-0.3, -0.25) is 9.59 Å². The molecule has 5 rings (SSSR count). The molecule has 9 heteroatoms. The maximum Gasteiger partial charge on any atom is 0.341 e. The van der Waals surface area contributed by atoms with Gasteiger partial charge in [0.25, 0.3) is 0 Å². The molecule has 3 aromatic carbocycles. The minimum atomic E-state index is -1.09. The number of aliphatic carboxylic acids is 1. The second-order valence-electron chi connectivity index (χ2n) is 9.80. The van der Waals surface area contributed by atoms with E-state index in [4.69, 9.17) is 26.2 Å². The van der Waals surface area contributed by atoms with Crippen molar-refractivity contribution in [2.75, 3.05) is 13.2 Å². The van der Waals surface area contributed by atoms with E-state index in [1.807, 2.05) is 78.9 Å². The Kier molecular flexibility index (Phi) is 9.75. The number of Topliss-reactive ketones (excluding diaryl/α,β-unsaturated/α-hetero) is 2. The highest BCUT2D eigenvalue weighted by atomic mass is 35.5. The van der Waals surface area contributed by atoms with E-state index in [9.17, 15) is 14.4 Å². The fraction of sp³-hybridized carbons (Fsp3) is 0.114. The van der Waals surface area contributed by atoms with E-state index in [2.05, 4.69) is 0 Å². The molecule has 6 nitrogen and oxygen atoms in total. The van der Waals surface area contributed by atoms with Gasteiger partial charge in [-0.25, -0.2) is 4.79 Å². The van der Waals surface area contributed by atoms with Crippen LogP contribution < -0.4 is 9.47 Å². The van der Waals surface area contributed by atoms with E-state index in [0.29, 0.717) is 5.75 Å². The molecule has 0 aliphatic carbocycles. The molecule has 222 valence electrons. The Labute approximate surface area is 267 Å². The fourth-order valence-corrected chi connectivity index (χ4v) is 6.48. The van der Waals surface area contributed by atoms with Gasteiger partial charge >= 0.3 is 5.97 Å². The molecule has 0 radical (unpaired) electrons. The first-order chi connectivity index (χ1) is 21.2. The van der Waals surface area contributed by atoms with Gasteiger partial charge in [-0.1, -0.05) is 60.1 Å². The highest BCUT2D eigenvalue weighted by Crippen LogP contribution is 2.34. The molecule has 0 aliphatic heterocycles. The van der Waals surface area contributed by atoms with E-state index in [0.717, 1.165) is 47.3 Å². The maximum atomic E-state index is 11.8. The van der Waals surface area contributed by atoms with E-state index in [-0.39, 0.29) is 28.9 Å². The third-order valence-corrected chi connectivity index (χ3v) is 9.42. The molecule has 5 aromatic rings. The van der Waals surface area contributed by atoms with Gasteiger partial charge in [-0.05, 0) is 84.1 Å². The number of hydrogen-bond acceptors (Lipinski definition) is 7. The smallest absolute Gasteiger partial charge is 0.341 e. The molecule has 0 spiro atoms. The van der Waals surface area contributed by atoms with Crippen molar-refractivity contribution in [3.8, 4) is 32.4 Å². The first kappa shape index (κ1) is 30.9. The summed E-state index contributed by atoms with van der Waals surface area (Å²) in [6.07, 6.45) is 1.99. The van der Waals surface area contributed by atoms with E-state index < -0.39 is 12.6 Å². The summed E-state index contributed by atoms with van der Waals surface area (Å²) >= 11 is 9.21. The first-order valence-corrected chi connectivity index (χ1v) is 15.6. The minimum Gasteiger partial charge on any atom is -0.489 e. The van der Waals surface area contributed by atoms with Gasteiger partial charge in [0.15, 0.2) is 18.2 Å². The summed E-state index contributed by atoms with van der Waals surface area (Å²) in [7, 11) is 0. The van der Waals surface area contributed by atoms with Crippen molar-refractivity contribution in [3.63, 3.8) is 0 Å². The highest BCUT2D eigenvalue weighted by molar-refractivity contribution is 7.17. The average Bonchev–Trinajstić information content (AvgIpc) is 3.71. The van der Waals surface area contributed by atoms with E-state index in [1.54, 1.807) is 32.0 Å². The van der Waals surface area contributed by atoms with Crippen LogP contribution in [0.1, 0.15) is 44.3 Å². The Hall–Kier alpha value is -4.50. The topological polar surface area (TPSA) is 89.9 Å². The third-order valence-electron chi connectivity index (χ3n) is 6.66. The number of carboxylic acids is 1. The zero-order valence-corrected chi connectivity index (χ0v) is 26.2. The van der Waals surface area contributed by atoms with E-state index in [1.165, 1.54) is 22.7 Å². The molecule has 0 bridgehead atoms. The van der Waals surface area contributed by atoms with Crippen molar-refractivity contribution < 1.29 is 29.0 Å².